The van der Waals surface area contributed by atoms with Gasteiger partial charge in [0.25, 0.3) is 0 Å². The number of ketones is 1. The van der Waals surface area contributed by atoms with Crippen LogP contribution in [-0.4, -0.2) is 17.9 Å². The van der Waals surface area contributed by atoms with Crippen molar-refractivity contribution in [2.45, 2.75) is 37.6 Å². The van der Waals surface area contributed by atoms with Gasteiger partial charge in [0.05, 0.1) is 12.1 Å². The van der Waals surface area contributed by atoms with Crippen LogP contribution in [0.5, 0.6) is 5.75 Å². The Hall–Kier alpha value is -1.06. The fraction of sp³-hybridized carbons (Fsp3) is 0.500. The lowest BCUT2D eigenvalue weighted by Crippen LogP contribution is -2.54. The Labute approximate surface area is 111 Å². The highest BCUT2D eigenvalue weighted by molar-refractivity contribution is 6.30. The Balaban J connectivity index is 1.87. The van der Waals surface area contributed by atoms with E-state index in [-0.39, 0.29) is 5.78 Å². The van der Waals surface area contributed by atoms with Gasteiger partial charge >= 0.3 is 0 Å². The van der Waals surface area contributed by atoms with Gasteiger partial charge < -0.3 is 10.5 Å². The summed E-state index contributed by atoms with van der Waals surface area (Å²) in [5.41, 5.74) is 7.44. The number of Topliss-reactive ketones (excluding diaryl/α,β-unsaturated/α-hetero) is 1. The van der Waals surface area contributed by atoms with Crippen LogP contribution in [0.4, 0.5) is 0 Å². The number of halogens is 1. The zero-order valence-electron chi connectivity index (χ0n) is 10.2. The first kappa shape index (κ1) is 12.0. The highest BCUT2D eigenvalue weighted by Gasteiger charge is 2.39. The van der Waals surface area contributed by atoms with Gasteiger partial charge in [-0.2, -0.15) is 0 Å². The number of carbonyl (C=O) groups excluding carboxylic acids is 1. The predicted octanol–water partition coefficient (Wildman–Crippen LogP) is 2.27. The maximum absolute atomic E-state index is 12.2. The lowest BCUT2D eigenvalue weighted by Gasteiger charge is -2.36. The molecule has 1 heterocycles. The van der Waals surface area contributed by atoms with Gasteiger partial charge in [0, 0.05) is 23.4 Å². The van der Waals surface area contributed by atoms with Gasteiger partial charge in [-0.1, -0.05) is 11.6 Å². The monoisotopic (exact) mass is 265 g/mol. The number of hydrogen-bond donors (Lipinski definition) is 1. The molecule has 0 saturated heterocycles. The van der Waals surface area contributed by atoms with E-state index >= 15 is 0 Å². The van der Waals surface area contributed by atoms with E-state index in [9.17, 15) is 4.79 Å². The molecular weight excluding hydrogens is 250 g/mol. The minimum Gasteiger partial charge on any atom is -0.493 e. The summed E-state index contributed by atoms with van der Waals surface area (Å²) in [4.78, 5) is 12.2. The zero-order chi connectivity index (χ0) is 12.8. The average Bonchev–Trinajstić information content (AvgIpc) is 2.73. The molecule has 1 saturated carbocycles. The lowest BCUT2D eigenvalue weighted by atomic mass is 9.73. The van der Waals surface area contributed by atoms with Crippen LogP contribution in [0.1, 0.15) is 30.4 Å². The summed E-state index contributed by atoms with van der Waals surface area (Å²) in [6.07, 6.45) is 3.85. The van der Waals surface area contributed by atoms with Gasteiger partial charge in [-0.15, -0.1) is 0 Å². The minimum atomic E-state index is -0.603. The van der Waals surface area contributed by atoms with Gasteiger partial charge in [0.2, 0.25) is 0 Å². The molecule has 1 aromatic carbocycles. The van der Waals surface area contributed by atoms with Crippen molar-refractivity contribution in [2.75, 3.05) is 6.61 Å². The number of carbonyl (C=O) groups is 1. The first-order valence-corrected chi connectivity index (χ1v) is 6.73. The fourth-order valence-corrected chi connectivity index (χ4v) is 2.93. The normalized spacial score (nSPS) is 19.9. The van der Waals surface area contributed by atoms with E-state index < -0.39 is 5.54 Å². The van der Waals surface area contributed by atoms with E-state index in [0.29, 0.717) is 18.1 Å². The molecule has 18 heavy (non-hydrogen) atoms. The molecule has 0 bridgehead atoms. The summed E-state index contributed by atoms with van der Waals surface area (Å²) < 4.78 is 5.60. The van der Waals surface area contributed by atoms with Crippen LogP contribution in [0.2, 0.25) is 5.02 Å². The van der Waals surface area contributed by atoms with Crippen LogP contribution in [0, 0.1) is 0 Å². The van der Waals surface area contributed by atoms with Gasteiger partial charge in [-0.3, -0.25) is 4.79 Å². The van der Waals surface area contributed by atoms with Crippen molar-refractivity contribution >= 4 is 17.4 Å². The van der Waals surface area contributed by atoms with E-state index in [1.165, 1.54) is 0 Å². The van der Waals surface area contributed by atoms with Crippen molar-refractivity contribution in [3.8, 4) is 5.75 Å². The zero-order valence-corrected chi connectivity index (χ0v) is 10.9. The highest BCUT2D eigenvalue weighted by Crippen LogP contribution is 2.36. The molecule has 0 radical (unpaired) electrons. The Bertz CT molecular complexity index is 509. The summed E-state index contributed by atoms with van der Waals surface area (Å²) in [6.45, 7) is 0.671. The maximum Gasteiger partial charge on any atom is 0.157 e. The number of ether oxygens (including phenoxy) is 1. The van der Waals surface area contributed by atoms with Crippen molar-refractivity contribution in [2.24, 2.45) is 5.73 Å². The molecule has 2 aliphatic rings. The predicted molar refractivity (Wildman–Crippen MR) is 70.1 cm³/mol. The molecule has 2 N–H and O–H groups in total. The van der Waals surface area contributed by atoms with E-state index in [1.807, 2.05) is 12.1 Å². The van der Waals surface area contributed by atoms with E-state index in [2.05, 4.69) is 0 Å². The topological polar surface area (TPSA) is 52.3 Å². The van der Waals surface area contributed by atoms with E-state index in [1.54, 1.807) is 0 Å². The van der Waals surface area contributed by atoms with Crippen LogP contribution < -0.4 is 10.5 Å². The molecule has 0 spiro atoms. The second-order valence-electron chi connectivity index (χ2n) is 5.26. The van der Waals surface area contributed by atoms with Crippen LogP contribution in [0.15, 0.2) is 12.1 Å². The third-order valence-corrected chi connectivity index (χ3v) is 4.20. The van der Waals surface area contributed by atoms with Crippen molar-refractivity contribution in [1.82, 2.24) is 0 Å². The largest absolute Gasteiger partial charge is 0.493 e. The van der Waals surface area contributed by atoms with Crippen LogP contribution in [-0.2, 0) is 17.6 Å². The Morgan fingerprint density at radius 2 is 2.22 bits per heavy atom. The van der Waals surface area contributed by atoms with Crippen LogP contribution >= 0.6 is 11.6 Å². The summed E-state index contributed by atoms with van der Waals surface area (Å²) in [5, 5.41) is 0.668. The second-order valence-corrected chi connectivity index (χ2v) is 5.70. The molecule has 0 amide bonds. The third kappa shape index (κ3) is 1.91. The van der Waals surface area contributed by atoms with Crippen molar-refractivity contribution in [3.05, 3.63) is 28.3 Å². The van der Waals surface area contributed by atoms with Crippen molar-refractivity contribution < 1.29 is 9.53 Å². The molecule has 3 nitrogen and oxygen atoms in total. The van der Waals surface area contributed by atoms with Gasteiger partial charge in [-0.05, 0) is 37.0 Å². The van der Waals surface area contributed by atoms with Gasteiger partial charge in [0.1, 0.15) is 5.75 Å². The van der Waals surface area contributed by atoms with Crippen molar-refractivity contribution in [1.29, 1.82) is 0 Å². The standard InChI is InChI=1S/C14H16ClNO2/c15-11-6-9-2-5-18-13(9)10(7-11)8-12(17)14(16)3-1-4-14/h6-7H,1-5,8,16H2. The molecule has 1 fully saturated rings. The Morgan fingerprint density at radius 1 is 1.44 bits per heavy atom. The van der Waals surface area contributed by atoms with Crippen LogP contribution in [0.25, 0.3) is 0 Å². The summed E-state index contributed by atoms with van der Waals surface area (Å²) in [7, 11) is 0. The molecule has 1 aliphatic carbocycles. The number of rotatable bonds is 3. The molecule has 1 aromatic rings. The Morgan fingerprint density at radius 3 is 2.89 bits per heavy atom. The molecule has 0 aromatic heterocycles. The smallest absolute Gasteiger partial charge is 0.157 e. The molecular formula is C14H16ClNO2. The van der Waals surface area contributed by atoms with Crippen LogP contribution in [0.3, 0.4) is 0 Å². The number of hydrogen-bond acceptors (Lipinski definition) is 3. The summed E-state index contributed by atoms with van der Waals surface area (Å²) >= 11 is 6.08. The summed E-state index contributed by atoms with van der Waals surface area (Å²) in [6, 6.07) is 3.74. The molecule has 4 heteroatoms. The number of fused-ring (bicyclic) bond motifs is 1. The van der Waals surface area contributed by atoms with Gasteiger partial charge in [0.15, 0.2) is 5.78 Å². The average molecular weight is 266 g/mol. The lowest BCUT2D eigenvalue weighted by molar-refractivity contribution is -0.126. The molecule has 3 rings (SSSR count). The fourth-order valence-electron chi connectivity index (χ4n) is 2.66. The van der Waals surface area contributed by atoms with E-state index in [0.717, 1.165) is 42.6 Å². The van der Waals surface area contributed by atoms with Crippen molar-refractivity contribution in [3.63, 3.8) is 0 Å². The summed E-state index contributed by atoms with van der Waals surface area (Å²) in [5.74, 6) is 0.949. The van der Waals surface area contributed by atoms with Gasteiger partial charge in [-0.25, -0.2) is 0 Å². The number of benzene rings is 1. The first-order valence-electron chi connectivity index (χ1n) is 6.35. The molecule has 96 valence electrons. The molecule has 0 atom stereocenters. The highest BCUT2D eigenvalue weighted by atomic mass is 35.5. The van der Waals surface area contributed by atoms with E-state index in [4.69, 9.17) is 22.1 Å². The minimum absolute atomic E-state index is 0.105. The maximum atomic E-state index is 12.2. The SMILES string of the molecule is NC1(C(=O)Cc2cc(Cl)cc3c2OCC3)CCC1. The quantitative estimate of drug-likeness (QED) is 0.912. The molecule has 1 aliphatic heterocycles. The Kier molecular flexibility index (Phi) is 2.83. The third-order valence-electron chi connectivity index (χ3n) is 3.98. The molecule has 0 unspecified atom stereocenters. The first-order chi connectivity index (χ1) is 8.58. The number of nitrogens with two attached hydrogens (primary N) is 1. The second kappa shape index (κ2) is 4.25.